The molecule has 6 heterocycles. The van der Waals surface area contributed by atoms with E-state index < -0.39 is 5.66 Å². The van der Waals surface area contributed by atoms with Crippen molar-refractivity contribution in [1.29, 1.82) is 0 Å². The number of fused-ring (bicyclic) bond motifs is 6. The average Bonchev–Trinajstić information content (AvgIpc) is 3.61. The van der Waals surface area contributed by atoms with Crippen molar-refractivity contribution in [2.75, 3.05) is 0 Å². The third-order valence-corrected chi connectivity index (χ3v) is 9.54. The molecule has 0 saturated carbocycles. The van der Waals surface area contributed by atoms with Crippen LogP contribution in [0.2, 0.25) is 0 Å². The van der Waals surface area contributed by atoms with E-state index in [1.54, 1.807) is 0 Å². The van der Waals surface area contributed by atoms with Crippen LogP contribution >= 0.6 is 0 Å². The minimum Gasteiger partial charge on any atom is -0.456 e. The zero-order chi connectivity index (χ0) is 24.5. The van der Waals surface area contributed by atoms with Gasteiger partial charge >= 0.3 is 5.66 Å². The first-order chi connectivity index (χ1) is 18.8. The van der Waals surface area contributed by atoms with E-state index in [2.05, 4.69) is 118 Å². The molecule has 4 nitrogen and oxygen atoms in total. The minimum atomic E-state index is -0.541. The van der Waals surface area contributed by atoms with Gasteiger partial charge < -0.3 is 4.74 Å². The van der Waals surface area contributed by atoms with Crippen LogP contribution in [0.25, 0.3) is 65.0 Å². The van der Waals surface area contributed by atoms with Crippen molar-refractivity contribution in [1.82, 2.24) is 4.57 Å². The van der Waals surface area contributed by atoms with Gasteiger partial charge in [-0.1, -0.05) is 30.3 Å². The third-order valence-electron chi connectivity index (χ3n) is 9.54. The second-order valence-corrected chi connectivity index (χ2v) is 11.0. The highest BCUT2D eigenvalue weighted by molar-refractivity contribution is 6.28. The van der Waals surface area contributed by atoms with Crippen molar-refractivity contribution < 1.29 is 13.9 Å². The van der Waals surface area contributed by atoms with E-state index in [-0.39, 0.29) is 0 Å². The molecule has 0 saturated heterocycles. The summed E-state index contributed by atoms with van der Waals surface area (Å²) in [6, 6.07) is 29.0. The van der Waals surface area contributed by atoms with Crippen LogP contribution in [0.4, 0.5) is 0 Å². The number of hydrogen-bond acceptors (Lipinski definition) is 1. The minimum absolute atomic E-state index is 0.541. The Labute approximate surface area is 216 Å². The lowest BCUT2D eigenvalue weighted by molar-refractivity contribution is -0.721. The number of aryl methyl sites for hydroxylation is 1. The van der Waals surface area contributed by atoms with Crippen LogP contribution in [0, 0.1) is 0 Å². The predicted octanol–water partition coefficient (Wildman–Crippen LogP) is 6.55. The van der Waals surface area contributed by atoms with Crippen molar-refractivity contribution in [3.05, 3.63) is 109 Å². The van der Waals surface area contributed by atoms with Crippen LogP contribution in [0.1, 0.15) is 11.1 Å². The fourth-order valence-corrected chi connectivity index (χ4v) is 8.32. The lowest BCUT2D eigenvalue weighted by Crippen LogP contribution is -2.59. The average molecular weight is 486 g/mol. The molecule has 5 aromatic carbocycles. The van der Waals surface area contributed by atoms with E-state index in [9.17, 15) is 0 Å². The summed E-state index contributed by atoms with van der Waals surface area (Å²) in [5, 5.41) is 11.6. The van der Waals surface area contributed by atoms with Crippen molar-refractivity contribution in [2.45, 2.75) is 5.66 Å². The molecule has 174 valence electrons. The van der Waals surface area contributed by atoms with Crippen LogP contribution in [-0.2, 0) is 12.7 Å². The van der Waals surface area contributed by atoms with Gasteiger partial charge in [0.05, 0.1) is 27.1 Å². The Morgan fingerprint density at radius 3 is 2.18 bits per heavy atom. The van der Waals surface area contributed by atoms with Crippen molar-refractivity contribution in [2.24, 2.45) is 7.05 Å². The van der Waals surface area contributed by atoms with Gasteiger partial charge in [-0.3, -0.25) is 4.57 Å². The SMILES string of the molecule is C[n+]1ccc2c3cccn4c3c3c5c(ccc3c21)Oc1ccc2c3ccccc3c3ccc[n+]6c3c2c1C546. The van der Waals surface area contributed by atoms with Crippen LogP contribution < -0.4 is 13.9 Å². The summed E-state index contributed by atoms with van der Waals surface area (Å²) in [6.45, 7) is 0. The molecular weight excluding hydrogens is 466 g/mol. The lowest BCUT2D eigenvalue weighted by atomic mass is 9.85. The van der Waals surface area contributed by atoms with E-state index in [1.165, 1.54) is 76.2 Å². The molecule has 0 aliphatic carbocycles. The zero-order valence-electron chi connectivity index (χ0n) is 20.5. The number of hydrogen-bond donors (Lipinski definition) is 0. The Kier molecular flexibility index (Phi) is 2.64. The van der Waals surface area contributed by atoms with Gasteiger partial charge in [0.2, 0.25) is 11.0 Å². The molecule has 3 aliphatic rings. The fraction of sp³-hybridized carbons (Fsp3) is 0.0588. The van der Waals surface area contributed by atoms with Crippen molar-refractivity contribution in [3.63, 3.8) is 0 Å². The molecule has 11 rings (SSSR count). The van der Waals surface area contributed by atoms with Gasteiger partial charge in [-0.2, -0.15) is 4.57 Å². The van der Waals surface area contributed by atoms with E-state index in [4.69, 9.17) is 4.74 Å². The predicted molar refractivity (Wildman–Crippen MR) is 149 cm³/mol. The van der Waals surface area contributed by atoms with Crippen LogP contribution in [0.5, 0.6) is 11.5 Å². The first-order valence-electron chi connectivity index (χ1n) is 13.2. The molecule has 4 heteroatoms. The first-order valence-corrected chi connectivity index (χ1v) is 13.2. The molecule has 1 unspecified atom stereocenters. The summed E-state index contributed by atoms with van der Waals surface area (Å²) >= 11 is 0. The Morgan fingerprint density at radius 2 is 1.32 bits per heavy atom. The maximum absolute atomic E-state index is 6.81. The molecule has 1 spiro atoms. The topological polar surface area (TPSA) is 21.9 Å². The number of benzene rings is 5. The summed E-state index contributed by atoms with van der Waals surface area (Å²) in [5.74, 6) is 1.90. The van der Waals surface area contributed by atoms with Crippen LogP contribution in [0.3, 0.4) is 0 Å². The fourth-order valence-electron chi connectivity index (χ4n) is 8.32. The summed E-state index contributed by atoms with van der Waals surface area (Å²) in [4.78, 5) is 0. The van der Waals surface area contributed by atoms with Gasteiger partial charge in [-0.05, 0) is 52.6 Å². The maximum Gasteiger partial charge on any atom is 0.309 e. The van der Waals surface area contributed by atoms with Crippen LogP contribution in [-0.4, -0.2) is 4.57 Å². The molecule has 3 aliphatic heterocycles. The molecule has 1 atom stereocenters. The summed E-state index contributed by atoms with van der Waals surface area (Å²) in [7, 11) is 2.15. The molecular formula is C34H19N3O+2. The zero-order valence-corrected chi connectivity index (χ0v) is 20.5. The number of ether oxygens (including phenoxy) is 1. The van der Waals surface area contributed by atoms with Gasteiger partial charge in [0.25, 0.3) is 0 Å². The normalized spacial score (nSPS) is 17.9. The molecule has 0 N–H and O–H groups in total. The number of aromatic nitrogens is 3. The third kappa shape index (κ3) is 1.58. The van der Waals surface area contributed by atoms with Gasteiger partial charge in [0.15, 0.2) is 12.4 Å². The Hall–Kier alpha value is -4.96. The Balaban J connectivity index is 1.51. The second kappa shape index (κ2) is 5.48. The second-order valence-electron chi connectivity index (χ2n) is 11.0. The summed E-state index contributed by atoms with van der Waals surface area (Å²) < 4.78 is 14.2. The van der Waals surface area contributed by atoms with Gasteiger partial charge in [-0.15, -0.1) is 0 Å². The number of pyridine rings is 2. The quantitative estimate of drug-likeness (QED) is 0.176. The number of rotatable bonds is 0. The molecule has 38 heavy (non-hydrogen) atoms. The van der Waals surface area contributed by atoms with Gasteiger partial charge in [-0.25, -0.2) is 4.57 Å². The molecule has 0 fully saturated rings. The molecule has 0 radical (unpaired) electrons. The highest BCUT2D eigenvalue weighted by atomic mass is 16.5. The smallest absolute Gasteiger partial charge is 0.309 e. The van der Waals surface area contributed by atoms with E-state index in [0.29, 0.717) is 0 Å². The highest BCUT2D eigenvalue weighted by Gasteiger charge is 2.62. The molecule has 8 aromatic rings. The van der Waals surface area contributed by atoms with Gasteiger partial charge in [0.1, 0.15) is 29.7 Å². The molecule has 0 amide bonds. The Bertz CT molecular complexity index is 2500. The number of nitrogens with zero attached hydrogens (tertiary/aromatic N) is 3. The van der Waals surface area contributed by atoms with E-state index >= 15 is 0 Å². The molecule has 3 aromatic heterocycles. The largest absolute Gasteiger partial charge is 0.456 e. The Morgan fingerprint density at radius 1 is 0.605 bits per heavy atom. The monoisotopic (exact) mass is 485 g/mol. The summed E-state index contributed by atoms with van der Waals surface area (Å²) in [5.41, 5.74) is 5.82. The van der Waals surface area contributed by atoms with Crippen LogP contribution in [0.15, 0.2) is 97.5 Å². The maximum atomic E-state index is 6.81. The standard InChI is InChI=1S/C34H19N3O/c1-35-17-14-23-22-9-5-16-37-33(22)28-24(31(23)35)11-13-26-30(28)34(37)29-25(38-26)12-10-20-18-6-2-3-7-19(18)21-8-4-15-36(34)32(21)27(20)29/h2-17H,1H3/q+2. The lowest BCUT2D eigenvalue weighted by Gasteiger charge is -2.32. The summed E-state index contributed by atoms with van der Waals surface area (Å²) in [6.07, 6.45) is 6.75. The first kappa shape index (κ1) is 18.3. The van der Waals surface area contributed by atoms with Gasteiger partial charge in [0, 0.05) is 29.1 Å². The van der Waals surface area contributed by atoms with Crippen molar-refractivity contribution in [3.8, 4) is 11.5 Å². The van der Waals surface area contributed by atoms with E-state index in [0.717, 1.165) is 11.5 Å². The highest BCUT2D eigenvalue weighted by Crippen LogP contribution is 2.61. The molecule has 0 bridgehead atoms. The van der Waals surface area contributed by atoms with Crippen molar-refractivity contribution >= 4 is 65.0 Å². The van der Waals surface area contributed by atoms with E-state index in [1.807, 2.05) is 0 Å².